The maximum absolute atomic E-state index is 13.2. The van der Waals surface area contributed by atoms with E-state index in [9.17, 15) is 18.0 Å². The first-order valence-corrected chi connectivity index (χ1v) is 6.13. The van der Waals surface area contributed by atoms with Crippen molar-refractivity contribution >= 4 is 5.78 Å². The lowest BCUT2D eigenvalue weighted by Crippen LogP contribution is -2.27. The number of halogens is 3. The van der Waals surface area contributed by atoms with Gasteiger partial charge in [0, 0.05) is 24.8 Å². The lowest BCUT2D eigenvalue weighted by molar-refractivity contribution is -0.0521. The van der Waals surface area contributed by atoms with E-state index in [0.29, 0.717) is 12.8 Å². The van der Waals surface area contributed by atoms with Crippen LogP contribution < -0.4 is 0 Å². The van der Waals surface area contributed by atoms with Gasteiger partial charge in [-0.25, -0.2) is 13.2 Å². The van der Waals surface area contributed by atoms with Gasteiger partial charge in [0.25, 0.3) is 0 Å². The number of rotatable bonds is 3. The molecular formula is C14H15F3O. The summed E-state index contributed by atoms with van der Waals surface area (Å²) in [5.74, 6) is -3.66. The van der Waals surface area contributed by atoms with Crippen molar-refractivity contribution in [2.75, 3.05) is 0 Å². The molecule has 0 saturated heterocycles. The zero-order valence-corrected chi connectivity index (χ0v) is 9.96. The highest BCUT2D eigenvalue weighted by Crippen LogP contribution is 2.38. The van der Waals surface area contributed by atoms with Gasteiger partial charge >= 0.3 is 0 Å². The van der Waals surface area contributed by atoms with Crippen molar-refractivity contribution in [3.8, 4) is 0 Å². The Morgan fingerprint density at radius 1 is 1.39 bits per heavy atom. The van der Waals surface area contributed by atoms with Crippen LogP contribution in [0.15, 0.2) is 24.3 Å². The maximum atomic E-state index is 13.2. The second kappa shape index (κ2) is 5.12. The second-order valence-corrected chi connectivity index (χ2v) is 4.96. The molecule has 2 rings (SSSR count). The Kier molecular flexibility index (Phi) is 3.73. The molecule has 1 aromatic rings. The third kappa shape index (κ3) is 3.34. The van der Waals surface area contributed by atoms with E-state index in [1.807, 2.05) is 0 Å². The van der Waals surface area contributed by atoms with E-state index in [1.54, 1.807) is 0 Å². The number of benzene rings is 1. The number of carbonyl (C=O) groups is 1. The zero-order valence-electron chi connectivity index (χ0n) is 9.96. The summed E-state index contributed by atoms with van der Waals surface area (Å²) < 4.78 is 39.4. The molecule has 1 saturated carbocycles. The summed E-state index contributed by atoms with van der Waals surface area (Å²) in [6, 6.07) is 5.39. The van der Waals surface area contributed by atoms with Crippen LogP contribution in [-0.4, -0.2) is 11.7 Å². The molecule has 0 radical (unpaired) electrons. The second-order valence-electron chi connectivity index (χ2n) is 4.96. The van der Waals surface area contributed by atoms with Crippen LogP contribution in [-0.2, 0) is 0 Å². The van der Waals surface area contributed by atoms with Gasteiger partial charge in [-0.3, -0.25) is 4.79 Å². The number of hydrogen-bond acceptors (Lipinski definition) is 1. The van der Waals surface area contributed by atoms with Crippen molar-refractivity contribution in [3.05, 3.63) is 35.6 Å². The summed E-state index contributed by atoms with van der Waals surface area (Å²) in [5, 5.41) is 0. The fourth-order valence-electron chi connectivity index (χ4n) is 2.49. The van der Waals surface area contributed by atoms with Crippen LogP contribution >= 0.6 is 0 Å². The van der Waals surface area contributed by atoms with Crippen LogP contribution in [0.25, 0.3) is 0 Å². The number of ketones is 1. The molecule has 1 aromatic carbocycles. The molecule has 1 nitrogen and oxygen atoms in total. The quantitative estimate of drug-likeness (QED) is 0.740. The highest BCUT2D eigenvalue weighted by Gasteiger charge is 2.36. The first kappa shape index (κ1) is 13.1. The van der Waals surface area contributed by atoms with Crippen molar-refractivity contribution in [2.24, 2.45) is 5.92 Å². The van der Waals surface area contributed by atoms with Crippen LogP contribution in [0.2, 0.25) is 0 Å². The summed E-state index contributed by atoms with van der Waals surface area (Å²) in [5.41, 5.74) is 0.267. The topological polar surface area (TPSA) is 17.1 Å². The summed E-state index contributed by atoms with van der Waals surface area (Å²) in [6.45, 7) is 0. The van der Waals surface area contributed by atoms with Crippen molar-refractivity contribution in [2.45, 2.75) is 38.0 Å². The summed E-state index contributed by atoms with van der Waals surface area (Å²) in [7, 11) is 0. The number of carbonyl (C=O) groups excluding carboxylic acids is 1. The molecular weight excluding hydrogens is 241 g/mol. The first-order chi connectivity index (χ1) is 8.46. The maximum Gasteiger partial charge on any atom is 0.248 e. The Hall–Kier alpha value is -1.32. The molecule has 1 aliphatic carbocycles. The molecule has 1 aliphatic rings. The average molecular weight is 256 g/mol. The van der Waals surface area contributed by atoms with Crippen molar-refractivity contribution in [3.63, 3.8) is 0 Å². The van der Waals surface area contributed by atoms with E-state index in [4.69, 9.17) is 0 Å². The largest absolute Gasteiger partial charge is 0.294 e. The Morgan fingerprint density at radius 3 is 2.83 bits per heavy atom. The molecule has 0 spiro atoms. The highest BCUT2D eigenvalue weighted by molar-refractivity contribution is 5.96. The van der Waals surface area contributed by atoms with Crippen LogP contribution in [0.4, 0.5) is 13.2 Å². The lowest BCUT2D eigenvalue weighted by atomic mass is 9.82. The van der Waals surface area contributed by atoms with E-state index >= 15 is 0 Å². The molecule has 0 aromatic heterocycles. The summed E-state index contributed by atoms with van der Waals surface area (Å²) in [4.78, 5) is 11.9. The van der Waals surface area contributed by atoms with Gasteiger partial charge in [0.2, 0.25) is 5.92 Å². The molecule has 0 N–H and O–H groups in total. The van der Waals surface area contributed by atoms with Gasteiger partial charge in [0.1, 0.15) is 5.82 Å². The first-order valence-electron chi connectivity index (χ1n) is 6.13. The Morgan fingerprint density at radius 2 is 2.17 bits per heavy atom. The third-order valence-corrected chi connectivity index (χ3v) is 3.36. The van der Waals surface area contributed by atoms with Gasteiger partial charge in [0.05, 0.1) is 0 Å². The van der Waals surface area contributed by atoms with E-state index in [-0.39, 0.29) is 36.5 Å². The molecule has 0 heterocycles. The minimum absolute atomic E-state index is 0.0824. The third-order valence-electron chi connectivity index (χ3n) is 3.36. The van der Waals surface area contributed by atoms with Crippen LogP contribution in [0.5, 0.6) is 0 Å². The van der Waals surface area contributed by atoms with E-state index in [2.05, 4.69) is 0 Å². The number of hydrogen-bond donors (Lipinski definition) is 0. The van der Waals surface area contributed by atoms with Crippen LogP contribution in [0.1, 0.15) is 42.5 Å². The predicted octanol–water partition coefficient (Wildman–Crippen LogP) is 4.22. The van der Waals surface area contributed by atoms with E-state index in [0.717, 1.165) is 6.07 Å². The minimum Gasteiger partial charge on any atom is -0.294 e. The normalized spacial score (nSPS) is 22.7. The Bertz CT molecular complexity index is 442. The van der Waals surface area contributed by atoms with Crippen molar-refractivity contribution in [1.29, 1.82) is 0 Å². The molecule has 1 unspecified atom stereocenters. The van der Waals surface area contributed by atoms with Crippen molar-refractivity contribution < 1.29 is 18.0 Å². The summed E-state index contributed by atoms with van der Waals surface area (Å²) >= 11 is 0. The molecule has 18 heavy (non-hydrogen) atoms. The average Bonchev–Trinajstić information content (AvgIpc) is 2.27. The molecule has 0 aliphatic heterocycles. The fraction of sp³-hybridized carbons (Fsp3) is 0.500. The molecule has 1 atom stereocenters. The van der Waals surface area contributed by atoms with Crippen molar-refractivity contribution in [1.82, 2.24) is 0 Å². The Labute approximate surface area is 104 Å². The number of Topliss-reactive ketones (excluding diaryl/α,β-unsaturated/α-hetero) is 1. The van der Waals surface area contributed by atoms with E-state index < -0.39 is 11.7 Å². The van der Waals surface area contributed by atoms with Crippen LogP contribution in [0, 0.1) is 11.7 Å². The van der Waals surface area contributed by atoms with Gasteiger partial charge < -0.3 is 0 Å². The van der Waals surface area contributed by atoms with Crippen LogP contribution in [0.3, 0.4) is 0 Å². The Balaban J connectivity index is 1.99. The molecule has 98 valence electrons. The number of alkyl halides is 2. The van der Waals surface area contributed by atoms with Gasteiger partial charge in [-0.2, -0.15) is 0 Å². The minimum atomic E-state index is -2.65. The monoisotopic (exact) mass is 256 g/mol. The van der Waals surface area contributed by atoms with E-state index in [1.165, 1.54) is 18.2 Å². The molecule has 4 heteroatoms. The van der Waals surface area contributed by atoms with Gasteiger partial charge in [-0.1, -0.05) is 12.1 Å². The molecule has 0 bridgehead atoms. The fourth-order valence-corrected chi connectivity index (χ4v) is 2.49. The SMILES string of the molecule is O=C(CC1CCCC(F)(F)C1)c1cccc(F)c1. The summed E-state index contributed by atoms with van der Waals surface area (Å²) in [6.07, 6.45) is 0.871. The molecule has 0 amide bonds. The predicted molar refractivity (Wildman–Crippen MR) is 62.3 cm³/mol. The lowest BCUT2D eigenvalue weighted by Gasteiger charge is -2.28. The highest BCUT2D eigenvalue weighted by atomic mass is 19.3. The van der Waals surface area contributed by atoms with Gasteiger partial charge in [-0.05, 0) is 30.9 Å². The van der Waals surface area contributed by atoms with Gasteiger partial charge in [0.15, 0.2) is 5.78 Å². The van der Waals surface area contributed by atoms with Gasteiger partial charge in [-0.15, -0.1) is 0 Å². The smallest absolute Gasteiger partial charge is 0.248 e. The molecule has 1 fully saturated rings. The standard InChI is InChI=1S/C14H15F3O/c15-12-5-1-4-11(8-12)13(18)7-10-3-2-6-14(16,17)9-10/h1,4-5,8,10H,2-3,6-7,9H2. The zero-order chi connectivity index (χ0) is 13.2.